The van der Waals surface area contributed by atoms with Crippen LogP contribution in [0.5, 0.6) is 5.75 Å². The molecule has 1 amide bonds. The van der Waals surface area contributed by atoms with E-state index >= 15 is 4.39 Å². The first kappa shape index (κ1) is 29.7. The maximum Gasteiger partial charge on any atom is 0.355 e. The lowest BCUT2D eigenvalue weighted by atomic mass is 10.0. The first-order valence-corrected chi connectivity index (χ1v) is 13.5. The summed E-state index contributed by atoms with van der Waals surface area (Å²) in [5, 5.41) is 10.4. The summed E-state index contributed by atoms with van der Waals surface area (Å²) in [6, 6.07) is 5.04. The molecule has 5 rings (SSSR count). The highest BCUT2D eigenvalue weighted by Crippen LogP contribution is 2.38. The molecule has 1 aromatic carbocycles. The van der Waals surface area contributed by atoms with E-state index in [1.165, 1.54) is 18.3 Å². The highest BCUT2D eigenvalue weighted by molar-refractivity contribution is 5.91. The first-order valence-electron chi connectivity index (χ1n) is 13.5. The van der Waals surface area contributed by atoms with Gasteiger partial charge in [-0.1, -0.05) is 26.5 Å². The van der Waals surface area contributed by atoms with Gasteiger partial charge in [-0.15, -0.1) is 0 Å². The van der Waals surface area contributed by atoms with Gasteiger partial charge in [0.1, 0.15) is 23.1 Å². The van der Waals surface area contributed by atoms with Crippen molar-refractivity contribution in [2.45, 2.75) is 39.2 Å². The molecule has 3 aromatic heterocycles. The van der Waals surface area contributed by atoms with Crippen molar-refractivity contribution in [3.8, 4) is 22.7 Å². The standard InChI is InChI=1S/C30H28F4N6O3/c1-5-22(42)38-11-12-39(16(4)14-38)28-18-13-20(32)25(23-19(31)7-6-8-21(23)41)36-29(18)40(30(43)37-28)26-17(27(33)34)9-10-35-24(26)15(2)3/h5-10,13,15-16,27,41H,1,11-12,14H2,2-4H3/t16-/m0/s1. The summed E-state index contributed by atoms with van der Waals surface area (Å²) >= 11 is 0. The Kier molecular flexibility index (Phi) is 7.91. The zero-order valence-corrected chi connectivity index (χ0v) is 23.6. The largest absolute Gasteiger partial charge is 0.507 e. The number of benzene rings is 1. The van der Waals surface area contributed by atoms with Crippen LogP contribution in [0.2, 0.25) is 0 Å². The second-order valence-corrected chi connectivity index (χ2v) is 10.5. The van der Waals surface area contributed by atoms with E-state index in [2.05, 4.69) is 21.5 Å². The van der Waals surface area contributed by atoms with E-state index in [1.54, 1.807) is 30.6 Å². The number of aromatic hydroxyl groups is 1. The Bertz CT molecular complexity index is 1760. The average molecular weight is 597 g/mol. The van der Waals surface area contributed by atoms with Crippen LogP contribution in [0.25, 0.3) is 28.0 Å². The number of alkyl halides is 2. The van der Waals surface area contributed by atoms with Crippen molar-refractivity contribution >= 4 is 22.8 Å². The van der Waals surface area contributed by atoms with Gasteiger partial charge < -0.3 is 14.9 Å². The molecule has 0 saturated carbocycles. The lowest BCUT2D eigenvalue weighted by Crippen LogP contribution is -2.54. The molecule has 1 aliphatic heterocycles. The van der Waals surface area contributed by atoms with Gasteiger partial charge >= 0.3 is 5.69 Å². The molecule has 1 N–H and O–H groups in total. The Morgan fingerprint density at radius 2 is 1.88 bits per heavy atom. The number of anilines is 1. The minimum atomic E-state index is -3.02. The highest BCUT2D eigenvalue weighted by Gasteiger charge is 2.32. The van der Waals surface area contributed by atoms with E-state index in [0.717, 1.165) is 28.8 Å². The van der Waals surface area contributed by atoms with Gasteiger partial charge in [0.05, 0.1) is 22.3 Å². The molecule has 0 radical (unpaired) electrons. The Morgan fingerprint density at radius 1 is 1.14 bits per heavy atom. The number of nitrogens with zero attached hydrogens (tertiary/aromatic N) is 6. The zero-order valence-electron chi connectivity index (χ0n) is 23.6. The van der Waals surface area contributed by atoms with Crippen molar-refractivity contribution in [3.05, 3.63) is 82.6 Å². The number of rotatable bonds is 6. The van der Waals surface area contributed by atoms with E-state index in [-0.39, 0.29) is 53.8 Å². The minimum Gasteiger partial charge on any atom is -0.507 e. The molecule has 224 valence electrons. The van der Waals surface area contributed by atoms with Crippen LogP contribution in [-0.4, -0.2) is 61.1 Å². The third kappa shape index (κ3) is 5.19. The molecule has 1 fully saturated rings. The number of hydrogen-bond acceptors (Lipinski definition) is 7. The lowest BCUT2D eigenvalue weighted by molar-refractivity contribution is -0.126. The van der Waals surface area contributed by atoms with Crippen molar-refractivity contribution in [2.24, 2.45) is 0 Å². The van der Waals surface area contributed by atoms with Crippen molar-refractivity contribution in [1.82, 2.24) is 24.4 Å². The molecule has 1 atom stereocenters. The first-order chi connectivity index (χ1) is 20.4. The molecular formula is C30H28F4N6O3. The predicted octanol–water partition coefficient (Wildman–Crippen LogP) is 5.11. The molecule has 4 aromatic rings. The normalized spacial score (nSPS) is 15.5. The van der Waals surface area contributed by atoms with Gasteiger partial charge in [-0.3, -0.25) is 9.78 Å². The number of fused-ring (bicyclic) bond motifs is 1. The third-order valence-electron chi connectivity index (χ3n) is 7.41. The molecule has 13 heteroatoms. The fourth-order valence-electron chi connectivity index (χ4n) is 5.38. The van der Waals surface area contributed by atoms with Gasteiger partial charge in [-0.05, 0) is 43.2 Å². The fraction of sp³-hybridized carbons (Fsp3) is 0.300. The van der Waals surface area contributed by atoms with Crippen molar-refractivity contribution in [3.63, 3.8) is 0 Å². The van der Waals surface area contributed by atoms with Crippen LogP contribution in [0.15, 0.2) is 54.0 Å². The smallest absolute Gasteiger partial charge is 0.355 e. The number of phenols is 1. The van der Waals surface area contributed by atoms with Crippen LogP contribution in [0.3, 0.4) is 0 Å². The molecule has 0 bridgehead atoms. The Morgan fingerprint density at radius 3 is 2.51 bits per heavy atom. The number of piperazine rings is 1. The van der Waals surface area contributed by atoms with Crippen LogP contribution in [0.4, 0.5) is 23.4 Å². The van der Waals surface area contributed by atoms with Crippen molar-refractivity contribution in [2.75, 3.05) is 24.5 Å². The van der Waals surface area contributed by atoms with Crippen molar-refractivity contribution in [1.29, 1.82) is 0 Å². The number of hydrogen-bond donors (Lipinski definition) is 1. The number of aromatic nitrogens is 4. The second-order valence-electron chi connectivity index (χ2n) is 10.5. The van der Waals surface area contributed by atoms with E-state index in [1.807, 2.05) is 0 Å². The molecule has 9 nitrogen and oxygen atoms in total. The number of pyridine rings is 2. The summed E-state index contributed by atoms with van der Waals surface area (Å²) < 4.78 is 60.3. The van der Waals surface area contributed by atoms with Gasteiger partial charge in [-0.2, -0.15) is 4.98 Å². The SMILES string of the molecule is C=CC(=O)N1CCN(c2nc(=O)n(-c3c(C(F)F)ccnc3C(C)C)c3nc(-c4c(O)cccc4F)c(F)cc23)[C@@H](C)C1. The summed E-state index contributed by atoms with van der Waals surface area (Å²) in [4.78, 5) is 42.1. The molecule has 1 saturated heterocycles. The van der Waals surface area contributed by atoms with E-state index < -0.39 is 58.3 Å². The molecule has 1 aliphatic rings. The molecule has 43 heavy (non-hydrogen) atoms. The third-order valence-corrected chi connectivity index (χ3v) is 7.41. The number of carbonyl (C=O) groups excluding carboxylic acids is 1. The van der Waals surface area contributed by atoms with Gasteiger partial charge in [0.25, 0.3) is 6.43 Å². The minimum absolute atomic E-state index is 0.0127. The predicted molar refractivity (Wildman–Crippen MR) is 153 cm³/mol. The average Bonchev–Trinajstić information content (AvgIpc) is 2.96. The molecule has 0 spiro atoms. The molecule has 0 unspecified atom stereocenters. The highest BCUT2D eigenvalue weighted by atomic mass is 19.3. The maximum atomic E-state index is 15.8. The number of halogens is 4. The number of amides is 1. The van der Waals surface area contributed by atoms with Crippen LogP contribution < -0.4 is 10.6 Å². The summed E-state index contributed by atoms with van der Waals surface area (Å²) in [5.41, 5.74) is -3.13. The number of carbonyl (C=O) groups is 1. The Hall–Kier alpha value is -4.81. The Labute approximate surface area is 243 Å². The summed E-state index contributed by atoms with van der Waals surface area (Å²) in [6.07, 6.45) is -0.628. The molecular weight excluding hydrogens is 568 g/mol. The topological polar surface area (TPSA) is 104 Å². The van der Waals surface area contributed by atoms with Gasteiger partial charge in [-0.25, -0.2) is 31.9 Å². The monoisotopic (exact) mass is 596 g/mol. The van der Waals surface area contributed by atoms with Crippen LogP contribution >= 0.6 is 0 Å². The maximum absolute atomic E-state index is 15.8. The summed E-state index contributed by atoms with van der Waals surface area (Å²) in [6.45, 7) is 9.39. The van der Waals surface area contributed by atoms with Gasteiger partial charge in [0, 0.05) is 37.4 Å². The zero-order chi connectivity index (χ0) is 31.2. The van der Waals surface area contributed by atoms with E-state index in [0.29, 0.717) is 0 Å². The quantitative estimate of drug-likeness (QED) is 0.244. The fourth-order valence-corrected chi connectivity index (χ4v) is 5.38. The Balaban J connectivity index is 1.86. The van der Waals surface area contributed by atoms with E-state index in [9.17, 15) is 27.9 Å². The van der Waals surface area contributed by atoms with Crippen LogP contribution in [0.1, 0.15) is 44.4 Å². The lowest BCUT2D eigenvalue weighted by Gasteiger charge is -2.40. The summed E-state index contributed by atoms with van der Waals surface area (Å²) in [5.74, 6) is -3.33. The molecule has 0 aliphatic carbocycles. The molecule has 4 heterocycles. The second kappa shape index (κ2) is 11.5. The van der Waals surface area contributed by atoms with E-state index in [4.69, 9.17) is 0 Å². The van der Waals surface area contributed by atoms with Gasteiger partial charge in [0.15, 0.2) is 11.5 Å². The van der Waals surface area contributed by atoms with Crippen molar-refractivity contribution < 1.29 is 27.5 Å². The van der Waals surface area contributed by atoms with Crippen LogP contribution in [0, 0.1) is 11.6 Å². The van der Waals surface area contributed by atoms with Gasteiger partial charge in [0.2, 0.25) is 5.91 Å². The van der Waals surface area contributed by atoms with Crippen LogP contribution in [-0.2, 0) is 4.79 Å². The summed E-state index contributed by atoms with van der Waals surface area (Å²) in [7, 11) is 0. The number of phenolic OH excluding ortho intramolecular Hbond substituents is 1.